The normalized spacial score (nSPS) is 15.0. The molecule has 1 saturated heterocycles. The van der Waals surface area contributed by atoms with E-state index in [4.69, 9.17) is 0 Å². The molecular formula is C16H34Cl2N4O2. The van der Waals surface area contributed by atoms with Gasteiger partial charge in [-0.1, -0.05) is 0 Å². The fraction of sp³-hybridized carbons (Fsp3) is 0.875. The summed E-state index contributed by atoms with van der Waals surface area (Å²) in [7, 11) is 1.90. The zero-order valence-electron chi connectivity index (χ0n) is 15.3. The summed E-state index contributed by atoms with van der Waals surface area (Å²) in [6.07, 6.45) is 2.44. The molecule has 1 N–H and O–H groups in total. The lowest BCUT2D eigenvalue weighted by Gasteiger charge is -2.25. The predicted octanol–water partition coefficient (Wildman–Crippen LogP) is 1.23. The van der Waals surface area contributed by atoms with Gasteiger partial charge < -0.3 is 15.1 Å². The van der Waals surface area contributed by atoms with Gasteiger partial charge in [-0.25, -0.2) is 0 Å². The average Bonchev–Trinajstić information content (AvgIpc) is 2.74. The number of rotatable bonds is 8. The Hall–Kier alpha value is -0.560. The molecule has 8 heteroatoms. The molecule has 144 valence electrons. The van der Waals surface area contributed by atoms with Gasteiger partial charge in [-0.15, -0.1) is 24.8 Å². The Morgan fingerprint density at radius 2 is 1.71 bits per heavy atom. The fourth-order valence-electron chi connectivity index (χ4n) is 2.82. The molecule has 1 aliphatic rings. The lowest BCUT2D eigenvalue weighted by atomic mass is 10.2. The van der Waals surface area contributed by atoms with Crippen LogP contribution in [0.4, 0.5) is 0 Å². The molecule has 0 unspecified atom stereocenters. The van der Waals surface area contributed by atoms with E-state index in [1.54, 1.807) is 0 Å². The highest BCUT2D eigenvalue weighted by Gasteiger charge is 2.21. The molecule has 24 heavy (non-hydrogen) atoms. The van der Waals surface area contributed by atoms with Crippen molar-refractivity contribution in [1.29, 1.82) is 0 Å². The minimum absolute atomic E-state index is 0. The Morgan fingerprint density at radius 3 is 2.29 bits per heavy atom. The molecular weight excluding hydrogens is 351 g/mol. The minimum Gasteiger partial charge on any atom is -0.342 e. The van der Waals surface area contributed by atoms with E-state index in [0.717, 1.165) is 58.7 Å². The van der Waals surface area contributed by atoms with Gasteiger partial charge in [0.1, 0.15) is 0 Å². The van der Waals surface area contributed by atoms with Crippen LogP contribution in [-0.2, 0) is 9.59 Å². The Bertz CT molecular complexity index is 355. The van der Waals surface area contributed by atoms with Crippen LogP contribution < -0.4 is 5.32 Å². The Kier molecular flexibility index (Phi) is 15.8. The van der Waals surface area contributed by atoms with Gasteiger partial charge in [0.15, 0.2) is 0 Å². The number of likely N-dealkylation sites (N-methyl/N-ethyl adjacent to an activating group) is 1. The van der Waals surface area contributed by atoms with Crippen molar-refractivity contribution in [2.45, 2.75) is 33.1 Å². The van der Waals surface area contributed by atoms with Gasteiger partial charge in [-0.05, 0) is 40.3 Å². The average molecular weight is 385 g/mol. The quantitative estimate of drug-likeness (QED) is 0.639. The highest BCUT2D eigenvalue weighted by molar-refractivity contribution is 5.85. The number of halogens is 2. The Labute approximate surface area is 159 Å². The molecule has 0 aromatic rings. The van der Waals surface area contributed by atoms with E-state index in [0.29, 0.717) is 13.0 Å². The molecule has 1 rings (SSSR count). The van der Waals surface area contributed by atoms with E-state index in [9.17, 15) is 9.59 Å². The molecule has 0 bridgehead atoms. The molecule has 0 saturated carbocycles. The van der Waals surface area contributed by atoms with E-state index < -0.39 is 0 Å². The summed E-state index contributed by atoms with van der Waals surface area (Å²) in [5, 5.41) is 3.07. The summed E-state index contributed by atoms with van der Waals surface area (Å²) in [5.74, 6) is 0.436. The summed E-state index contributed by atoms with van der Waals surface area (Å²) >= 11 is 0. The zero-order valence-corrected chi connectivity index (χ0v) is 16.9. The molecule has 2 amide bonds. The van der Waals surface area contributed by atoms with E-state index >= 15 is 0 Å². The molecule has 0 aromatic heterocycles. The van der Waals surface area contributed by atoms with Crippen molar-refractivity contribution in [2.75, 3.05) is 59.4 Å². The fourth-order valence-corrected chi connectivity index (χ4v) is 2.82. The molecule has 1 aliphatic heterocycles. The smallest absolute Gasteiger partial charge is 0.236 e. The number of carbonyl (C=O) groups is 2. The SMILES string of the molecule is CCN(CC)C(=O)CN1CCCN(C(=O)CCCNC)CC1.Cl.Cl. The number of hydrogen-bond acceptors (Lipinski definition) is 4. The van der Waals surface area contributed by atoms with Gasteiger partial charge in [-0.2, -0.15) is 0 Å². The monoisotopic (exact) mass is 384 g/mol. The second kappa shape index (κ2) is 14.8. The number of nitrogens with one attached hydrogen (secondary N) is 1. The van der Waals surface area contributed by atoms with Crippen LogP contribution in [0.3, 0.4) is 0 Å². The van der Waals surface area contributed by atoms with Crippen molar-refractivity contribution < 1.29 is 9.59 Å². The molecule has 0 aliphatic carbocycles. The summed E-state index contributed by atoms with van der Waals surface area (Å²) in [6, 6.07) is 0. The third kappa shape index (κ3) is 9.06. The van der Waals surface area contributed by atoms with Crippen molar-refractivity contribution in [3.63, 3.8) is 0 Å². The summed E-state index contributed by atoms with van der Waals surface area (Å²) in [4.78, 5) is 30.3. The van der Waals surface area contributed by atoms with E-state index in [2.05, 4.69) is 10.2 Å². The standard InChI is InChI=1S/C16H32N4O2.2ClH/c1-4-19(5-2)16(22)14-18-10-7-11-20(13-12-18)15(21)8-6-9-17-3;;/h17H,4-14H2,1-3H3;2*1H. The van der Waals surface area contributed by atoms with Crippen LogP contribution in [0.1, 0.15) is 33.1 Å². The summed E-state index contributed by atoms with van der Waals surface area (Å²) in [5.41, 5.74) is 0. The van der Waals surface area contributed by atoms with E-state index in [-0.39, 0.29) is 36.6 Å². The van der Waals surface area contributed by atoms with Crippen LogP contribution >= 0.6 is 24.8 Å². The molecule has 0 aromatic carbocycles. The predicted molar refractivity (Wildman–Crippen MR) is 103 cm³/mol. The van der Waals surface area contributed by atoms with Crippen molar-refractivity contribution in [1.82, 2.24) is 20.0 Å². The maximum Gasteiger partial charge on any atom is 0.236 e. The van der Waals surface area contributed by atoms with E-state index in [1.807, 2.05) is 30.7 Å². The second-order valence-electron chi connectivity index (χ2n) is 5.78. The third-order valence-corrected chi connectivity index (χ3v) is 4.23. The van der Waals surface area contributed by atoms with Crippen molar-refractivity contribution in [3.8, 4) is 0 Å². The van der Waals surface area contributed by atoms with Gasteiger partial charge >= 0.3 is 0 Å². The molecule has 0 atom stereocenters. The maximum absolute atomic E-state index is 12.2. The summed E-state index contributed by atoms with van der Waals surface area (Å²) < 4.78 is 0. The third-order valence-electron chi connectivity index (χ3n) is 4.23. The number of carbonyl (C=O) groups excluding carboxylic acids is 2. The first-order valence-corrected chi connectivity index (χ1v) is 8.54. The number of nitrogens with zero attached hydrogens (tertiary/aromatic N) is 3. The van der Waals surface area contributed by atoms with Crippen LogP contribution in [0.2, 0.25) is 0 Å². The van der Waals surface area contributed by atoms with Crippen LogP contribution in [0.5, 0.6) is 0 Å². The lowest BCUT2D eigenvalue weighted by Crippen LogP contribution is -2.42. The van der Waals surface area contributed by atoms with Gasteiger partial charge in [0.25, 0.3) is 0 Å². The maximum atomic E-state index is 12.2. The molecule has 0 radical (unpaired) electrons. The first kappa shape index (κ1) is 25.7. The van der Waals surface area contributed by atoms with Crippen LogP contribution in [0.15, 0.2) is 0 Å². The van der Waals surface area contributed by atoms with Crippen molar-refractivity contribution in [2.24, 2.45) is 0 Å². The Morgan fingerprint density at radius 1 is 1.04 bits per heavy atom. The van der Waals surface area contributed by atoms with Crippen LogP contribution in [0.25, 0.3) is 0 Å². The molecule has 6 nitrogen and oxygen atoms in total. The van der Waals surface area contributed by atoms with Crippen molar-refractivity contribution in [3.05, 3.63) is 0 Å². The van der Waals surface area contributed by atoms with Crippen molar-refractivity contribution >= 4 is 36.6 Å². The number of hydrogen-bond donors (Lipinski definition) is 1. The first-order valence-electron chi connectivity index (χ1n) is 8.54. The highest BCUT2D eigenvalue weighted by Crippen LogP contribution is 2.06. The molecule has 1 heterocycles. The second-order valence-corrected chi connectivity index (χ2v) is 5.78. The molecule has 1 fully saturated rings. The minimum atomic E-state index is 0. The topological polar surface area (TPSA) is 55.9 Å². The van der Waals surface area contributed by atoms with Gasteiger partial charge in [0.05, 0.1) is 6.54 Å². The Balaban J connectivity index is 0. The van der Waals surface area contributed by atoms with Gasteiger partial charge in [0, 0.05) is 45.7 Å². The van der Waals surface area contributed by atoms with Gasteiger partial charge in [-0.3, -0.25) is 14.5 Å². The van der Waals surface area contributed by atoms with E-state index in [1.165, 1.54) is 0 Å². The first-order chi connectivity index (χ1) is 10.6. The lowest BCUT2D eigenvalue weighted by molar-refractivity contribution is -0.132. The number of amides is 2. The zero-order chi connectivity index (χ0) is 16.4. The molecule has 0 spiro atoms. The largest absolute Gasteiger partial charge is 0.342 e. The summed E-state index contributed by atoms with van der Waals surface area (Å²) in [6.45, 7) is 10.1. The van der Waals surface area contributed by atoms with Crippen LogP contribution in [-0.4, -0.2) is 85.9 Å². The highest BCUT2D eigenvalue weighted by atomic mass is 35.5. The van der Waals surface area contributed by atoms with Crippen LogP contribution in [0, 0.1) is 0 Å². The van der Waals surface area contributed by atoms with Gasteiger partial charge in [0.2, 0.25) is 11.8 Å².